The summed E-state index contributed by atoms with van der Waals surface area (Å²) in [5.74, 6) is 0.923. The summed E-state index contributed by atoms with van der Waals surface area (Å²) in [5, 5.41) is 0. The molecule has 0 amide bonds. The standard InChI is InChI=1S/C15H17NO/c1-17-14-7-5-12(6-8-14)11-16-10-9-13-3-2-4-15(13)16/h5-10H,2-4,11H2,1H3. The van der Waals surface area contributed by atoms with Crippen LogP contribution in [0, 0.1) is 0 Å². The Morgan fingerprint density at radius 1 is 1.12 bits per heavy atom. The predicted molar refractivity (Wildman–Crippen MR) is 68.6 cm³/mol. The van der Waals surface area contributed by atoms with Crippen molar-refractivity contribution in [2.24, 2.45) is 0 Å². The first kappa shape index (κ1) is 10.5. The molecule has 1 aromatic heterocycles. The maximum absolute atomic E-state index is 5.17. The molecule has 0 atom stereocenters. The monoisotopic (exact) mass is 227 g/mol. The number of fused-ring (bicyclic) bond motifs is 1. The van der Waals surface area contributed by atoms with Gasteiger partial charge in [0.1, 0.15) is 5.75 Å². The number of benzene rings is 1. The van der Waals surface area contributed by atoms with Gasteiger partial charge in [0, 0.05) is 18.4 Å². The van der Waals surface area contributed by atoms with E-state index in [9.17, 15) is 0 Å². The zero-order valence-electron chi connectivity index (χ0n) is 10.1. The van der Waals surface area contributed by atoms with E-state index in [1.165, 1.54) is 30.5 Å². The van der Waals surface area contributed by atoms with E-state index in [4.69, 9.17) is 4.74 Å². The molecule has 0 aliphatic heterocycles. The van der Waals surface area contributed by atoms with Crippen molar-refractivity contribution in [1.29, 1.82) is 0 Å². The second-order valence-electron chi connectivity index (χ2n) is 4.62. The van der Waals surface area contributed by atoms with Gasteiger partial charge in [0.25, 0.3) is 0 Å². The molecule has 1 heterocycles. The highest BCUT2D eigenvalue weighted by Crippen LogP contribution is 2.24. The van der Waals surface area contributed by atoms with E-state index >= 15 is 0 Å². The first-order valence-corrected chi connectivity index (χ1v) is 6.16. The molecule has 1 aliphatic carbocycles. The van der Waals surface area contributed by atoms with Crippen molar-refractivity contribution in [3.05, 3.63) is 53.3 Å². The number of rotatable bonds is 3. The average molecular weight is 227 g/mol. The number of aromatic nitrogens is 1. The second-order valence-corrected chi connectivity index (χ2v) is 4.62. The van der Waals surface area contributed by atoms with E-state index in [0.717, 1.165) is 12.3 Å². The molecule has 0 spiro atoms. The normalized spacial score (nSPS) is 13.7. The molecule has 1 aromatic carbocycles. The number of hydrogen-bond acceptors (Lipinski definition) is 1. The van der Waals surface area contributed by atoms with Gasteiger partial charge in [-0.05, 0) is 48.6 Å². The molecule has 88 valence electrons. The van der Waals surface area contributed by atoms with Gasteiger partial charge in [0.15, 0.2) is 0 Å². The number of methoxy groups -OCH3 is 1. The van der Waals surface area contributed by atoms with Crippen LogP contribution in [0.5, 0.6) is 5.75 Å². The number of ether oxygens (including phenoxy) is 1. The topological polar surface area (TPSA) is 14.2 Å². The molecule has 0 bridgehead atoms. The van der Waals surface area contributed by atoms with Gasteiger partial charge < -0.3 is 9.30 Å². The Labute approximate surface area is 102 Å². The number of nitrogens with zero attached hydrogens (tertiary/aromatic N) is 1. The molecule has 0 radical (unpaired) electrons. The van der Waals surface area contributed by atoms with Gasteiger partial charge in [-0.25, -0.2) is 0 Å². The quantitative estimate of drug-likeness (QED) is 0.786. The van der Waals surface area contributed by atoms with Crippen molar-refractivity contribution in [3.8, 4) is 5.75 Å². The third-order valence-corrected chi connectivity index (χ3v) is 3.54. The van der Waals surface area contributed by atoms with Gasteiger partial charge in [0.05, 0.1) is 7.11 Å². The first-order valence-electron chi connectivity index (χ1n) is 6.16. The molecule has 0 unspecified atom stereocenters. The fourth-order valence-electron chi connectivity index (χ4n) is 2.60. The Kier molecular flexibility index (Phi) is 2.63. The molecular formula is C15H17NO. The van der Waals surface area contributed by atoms with Crippen LogP contribution in [0.25, 0.3) is 0 Å². The largest absolute Gasteiger partial charge is 0.497 e. The van der Waals surface area contributed by atoms with Gasteiger partial charge >= 0.3 is 0 Å². The lowest BCUT2D eigenvalue weighted by Crippen LogP contribution is -2.02. The fourth-order valence-corrected chi connectivity index (χ4v) is 2.60. The van der Waals surface area contributed by atoms with Crippen molar-refractivity contribution >= 4 is 0 Å². The van der Waals surface area contributed by atoms with Crippen molar-refractivity contribution in [2.45, 2.75) is 25.8 Å². The third kappa shape index (κ3) is 1.95. The predicted octanol–water partition coefficient (Wildman–Crippen LogP) is 3.03. The molecule has 0 saturated heterocycles. The summed E-state index contributed by atoms with van der Waals surface area (Å²) in [6, 6.07) is 10.6. The summed E-state index contributed by atoms with van der Waals surface area (Å²) < 4.78 is 7.55. The summed E-state index contributed by atoms with van der Waals surface area (Å²) in [7, 11) is 1.70. The highest BCUT2D eigenvalue weighted by molar-refractivity contribution is 5.30. The van der Waals surface area contributed by atoms with Crippen LogP contribution in [-0.4, -0.2) is 11.7 Å². The Bertz CT molecular complexity index is 510. The third-order valence-electron chi connectivity index (χ3n) is 3.54. The molecule has 2 heteroatoms. The SMILES string of the molecule is COc1ccc(Cn2ccc3c2CCC3)cc1. The van der Waals surface area contributed by atoms with E-state index in [-0.39, 0.29) is 0 Å². The van der Waals surface area contributed by atoms with Gasteiger partial charge in [-0.2, -0.15) is 0 Å². The number of hydrogen-bond donors (Lipinski definition) is 0. The minimum absolute atomic E-state index is 0.923. The Morgan fingerprint density at radius 2 is 1.94 bits per heavy atom. The van der Waals surface area contributed by atoms with Crippen LogP contribution >= 0.6 is 0 Å². The van der Waals surface area contributed by atoms with Gasteiger partial charge in [-0.3, -0.25) is 0 Å². The van der Waals surface area contributed by atoms with Crippen LogP contribution in [0.4, 0.5) is 0 Å². The maximum atomic E-state index is 5.17. The highest BCUT2D eigenvalue weighted by Gasteiger charge is 2.14. The van der Waals surface area contributed by atoms with Gasteiger partial charge in [-0.15, -0.1) is 0 Å². The lowest BCUT2D eigenvalue weighted by molar-refractivity contribution is 0.414. The van der Waals surface area contributed by atoms with Crippen molar-refractivity contribution < 1.29 is 4.74 Å². The molecule has 1 aliphatic rings. The molecule has 0 N–H and O–H groups in total. The van der Waals surface area contributed by atoms with Crippen molar-refractivity contribution in [1.82, 2.24) is 4.57 Å². The maximum Gasteiger partial charge on any atom is 0.118 e. The van der Waals surface area contributed by atoms with E-state index in [1.807, 2.05) is 12.1 Å². The Morgan fingerprint density at radius 3 is 2.71 bits per heavy atom. The van der Waals surface area contributed by atoms with Gasteiger partial charge in [0.2, 0.25) is 0 Å². The van der Waals surface area contributed by atoms with Gasteiger partial charge in [-0.1, -0.05) is 12.1 Å². The molecular weight excluding hydrogens is 210 g/mol. The minimum atomic E-state index is 0.923. The Balaban J connectivity index is 1.81. The van der Waals surface area contributed by atoms with Crippen molar-refractivity contribution in [3.63, 3.8) is 0 Å². The summed E-state index contributed by atoms with van der Waals surface area (Å²) in [5.41, 5.74) is 4.40. The van der Waals surface area contributed by atoms with Crippen LogP contribution in [0.3, 0.4) is 0 Å². The smallest absolute Gasteiger partial charge is 0.118 e. The van der Waals surface area contributed by atoms with E-state index in [2.05, 4.69) is 29.0 Å². The molecule has 17 heavy (non-hydrogen) atoms. The summed E-state index contributed by atoms with van der Waals surface area (Å²) in [6.45, 7) is 0.972. The molecule has 2 nitrogen and oxygen atoms in total. The van der Waals surface area contributed by atoms with Crippen LogP contribution in [0.2, 0.25) is 0 Å². The average Bonchev–Trinajstić information content (AvgIpc) is 2.95. The van der Waals surface area contributed by atoms with E-state index in [1.54, 1.807) is 12.7 Å². The summed E-state index contributed by atoms with van der Waals surface area (Å²) in [4.78, 5) is 0. The number of aryl methyl sites for hydroxylation is 1. The lowest BCUT2D eigenvalue weighted by atomic mass is 10.2. The molecule has 0 fully saturated rings. The molecule has 2 aromatic rings. The van der Waals surface area contributed by atoms with Crippen LogP contribution < -0.4 is 4.74 Å². The highest BCUT2D eigenvalue weighted by atomic mass is 16.5. The minimum Gasteiger partial charge on any atom is -0.497 e. The van der Waals surface area contributed by atoms with E-state index < -0.39 is 0 Å². The zero-order valence-corrected chi connectivity index (χ0v) is 10.1. The second kappa shape index (κ2) is 4.28. The summed E-state index contributed by atoms with van der Waals surface area (Å²) >= 11 is 0. The van der Waals surface area contributed by atoms with Crippen LogP contribution in [-0.2, 0) is 19.4 Å². The fraction of sp³-hybridized carbons (Fsp3) is 0.333. The molecule has 0 saturated carbocycles. The zero-order chi connectivity index (χ0) is 11.7. The first-order chi connectivity index (χ1) is 8.36. The molecule has 3 rings (SSSR count). The van der Waals surface area contributed by atoms with E-state index in [0.29, 0.717) is 0 Å². The van der Waals surface area contributed by atoms with Crippen LogP contribution in [0.15, 0.2) is 36.5 Å². The Hall–Kier alpha value is -1.70. The van der Waals surface area contributed by atoms with Crippen molar-refractivity contribution in [2.75, 3.05) is 7.11 Å². The summed E-state index contributed by atoms with van der Waals surface area (Å²) in [6.07, 6.45) is 6.02. The van der Waals surface area contributed by atoms with Crippen LogP contribution in [0.1, 0.15) is 23.2 Å². The lowest BCUT2D eigenvalue weighted by Gasteiger charge is -2.08.